The van der Waals surface area contributed by atoms with Crippen molar-refractivity contribution in [3.05, 3.63) is 220 Å². The molecule has 0 aromatic heterocycles. The second kappa shape index (κ2) is 12.1. The topological polar surface area (TPSA) is 0 Å². The Hall–Kier alpha value is -5.72. The van der Waals surface area contributed by atoms with Gasteiger partial charge in [-0.05, 0) is 96.8 Å². The lowest BCUT2D eigenvalue weighted by molar-refractivity contribution is 0.646. The van der Waals surface area contributed by atoms with Crippen molar-refractivity contribution < 1.29 is 0 Å². The Morgan fingerprint density at radius 1 is 0.458 bits per heavy atom. The summed E-state index contributed by atoms with van der Waals surface area (Å²) in [7, 11) is 0. The molecule has 9 rings (SSSR count). The van der Waals surface area contributed by atoms with Crippen LogP contribution in [0.1, 0.15) is 51.3 Å². The van der Waals surface area contributed by atoms with Crippen molar-refractivity contribution >= 4 is 17.2 Å². The summed E-state index contributed by atoms with van der Waals surface area (Å²) in [6.07, 6.45) is 13.8. The second-order valence-electron chi connectivity index (χ2n) is 13.1. The van der Waals surface area contributed by atoms with Crippen LogP contribution in [0, 0.1) is 5.92 Å². The molecule has 0 saturated heterocycles. The van der Waals surface area contributed by atoms with E-state index in [-0.39, 0.29) is 11.8 Å². The number of aryl methyl sites for hydroxylation is 1. The predicted octanol–water partition coefficient (Wildman–Crippen LogP) is 12.2. The number of fused-ring (bicyclic) bond motifs is 3. The molecule has 48 heavy (non-hydrogen) atoms. The molecular weight excluding hydrogens is 577 g/mol. The average molecular weight is 613 g/mol. The number of hydrogen-bond acceptors (Lipinski definition) is 0. The monoisotopic (exact) mass is 612 g/mol. The Bertz CT molecular complexity index is 2260. The predicted molar refractivity (Wildman–Crippen MR) is 202 cm³/mol. The van der Waals surface area contributed by atoms with Crippen molar-refractivity contribution in [1.29, 1.82) is 0 Å². The Balaban J connectivity index is 1.12. The average Bonchev–Trinajstić information content (AvgIpc) is 3.17. The van der Waals surface area contributed by atoms with Gasteiger partial charge in [0.15, 0.2) is 0 Å². The fraction of sp³-hybridized carbons (Fsp3) is 0.0833. The maximum absolute atomic E-state index is 2.51. The lowest BCUT2D eigenvalue weighted by Gasteiger charge is -2.38. The van der Waals surface area contributed by atoms with Crippen LogP contribution in [-0.4, -0.2) is 0 Å². The van der Waals surface area contributed by atoms with E-state index in [9.17, 15) is 0 Å². The summed E-state index contributed by atoms with van der Waals surface area (Å²) in [5.41, 5.74) is 18.9. The maximum Gasteiger partial charge on any atom is 0.0205 e. The van der Waals surface area contributed by atoms with Gasteiger partial charge in [-0.3, -0.25) is 0 Å². The van der Waals surface area contributed by atoms with Crippen molar-refractivity contribution in [2.24, 2.45) is 5.92 Å². The molecule has 228 valence electrons. The second-order valence-corrected chi connectivity index (χ2v) is 13.1. The van der Waals surface area contributed by atoms with Gasteiger partial charge >= 0.3 is 0 Å². The molecule has 0 heterocycles. The summed E-state index contributed by atoms with van der Waals surface area (Å²) < 4.78 is 0. The molecular formula is C48H36. The lowest BCUT2D eigenvalue weighted by Crippen LogP contribution is -2.24. The molecule has 0 amide bonds. The van der Waals surface area contributed by atoms with Crippen LogP contribution in [0.25, 0.3) is 39.5 Å². The molecule has 0 saturated carbocycles. The highest BCUT2D eigenvalue weighted by molar-refractivity contribution is 5.90. The van der Waals surface area contributed by atoms with Crippen molar-refractivity contribution in [2.45, 2.75) is 18.8 Å². The largest absolute Gasteiger partial charge is 0.0760 e. The molecule has 2 unspecified atom stereocenters. The van der Waals surface area contributed by atoms with Crippen LogP contribution < -0.4 is 0 Å². The van der Waals surface area contributed by atoms with Crippen LogP contribution in [0.4, 0.5) is 0 Å². The molecule has 0 fully saturated rings. The third-order valence-corrected chi connectivity index (χ3v) is 10.4. The minimum atomic E-state index is 0.241. The van der Waals surface area contributed by atoms with Crippen molar-refractivity contribution in [2.75, 3.05) is 0 Å². The van der Waals surface area contributed by atoms with E-state index in [0.29, 0.717) is 0 Å². The highest BCUT2D eigenvalue weighted by Gasteiger charge is 2.36. The molecule has 0 heteroatoms. The normalized spacial score (nSPS) is 17.7. The summed E-state index contributed by atoms with van der Waals surface area (Å²) in [6.45, 7) is 0. The van der Waals surface area contributed by atoms with Crippen molar-refractivity contribution in [3.8, 4) is 22.3 Å². The van der Waals surface area contributed by atoms with E-state index < -0.39 is 0 Å². The van der Waals surface area contributed by atoms with E-state index in [2.05, 4.69) is 182 Å². The van der Waals surface area contributed by atoms with E-state index >= 15 is 0 Å². The van der Waals surface area contributed by atoms with Crippen molar-refractivity contribution in [3.63, 3.8) is 0 Å². The van der Waals surface area contributed by atoms with Gasteiger partial charge in [0.05, 0.1) is 0 Å². The first-order valence-electron chi connectivity index (χ1n) is 17.1. The quantitative estimate of drug-likeness (QED) is 0.182. The Morgan fingerprint density at radius 3 is 1.90 bits per heavy atom. The molecule has 0 aliphatic heterocycles. The van der Waals surface area contributed by atoms with E-state index in [4.69, 9.17) is 0 Å². The minimum absolute atomic E-state index is 0.241. The van der Waals surface area contributed by atoms with E-state index in [1.165, 1.54) is 77.9 Å². The van der Waals surface area contributed by atoms with Crippen LogP contribution in [0.5, 0.6) is 0 Å². The molecule has 2 atom stereocenters. The number of benzene rings is 6. The minimum Gasteiger partial charge on any atom is -0.0760 e. The summed E-state index contributed by atoms with van der Waals surface area (Å²) in [5, 5.41) is 0. The zero-order valence-corrected chi connectivity index (χ0v) is 26.9. The van der Waals surface area contributed by atoms with E-state index in [1.807, 2.05) is 0 Å². The zero-order valence-electron chi connectivity index (χ0n) is 26.9. The summed E-state index contributed by atoms with van der Waals surface area (Å²) >= 11 is 0. The first kappa shape index (κ1) is 28.5. The van der Waals surface area contributed by atoms with Gasteiger partial charge in [-0.15, -0.1) is 0 Å². The molecule has 3 aliphatic rings. The summed E-state index contributed by atoms with van der Waals surface area (Å²) in [5.74, 6) is 0.512. The summed E-state index contributed by atoms with van der Waals surface area (Å²) in [4.78, 5) is 0. The molecule has 6 aromatic rings. The van der Waals surface area contributed by atoms with Crippen LogP contribution in [0.2, 0.25) is 0 Å². The highest BCUT2D eigenvalue weighted by atomic mass is 14.4. The van der Waals surface area contributed by atoms with Gasteiger partial charge < -0.3 is 0 Å². The first-order valence-corrected chi connectivity index (χ1v) is 17.1. The molecule has 6 aromatic carbocycles. The smallest absolute Gasteiger partial charge is 0.0205 e. The third-order valence-electron chi connectivity index (χ3n) is 10.4. The van der Waals surface area contributed by atoms with Gasteiger partial charge in [-0.25, -0.2) is 0 Å². The Morgan fingerprint density at radius 2 is 1.08 bits per heavy atom. The van der Waals surface area contributed by atoms with Gasteiger partial charge in [0.2, 0.25) is 0 Å². The number of allylic oxidation sites excluding steroid dienone is 6. The van der Waals surface area contributed by atoms with Gasteiger partial charge in [-0.2, -0.15) is 0 Å². The Labute approximate surface area is 283 Å². The molecule has 0 nitrogen and oxygen atoms in total. The van der Waals surface area contributed by atoms with Crippen molar-refractivity contribution in [1.82, 2.24) is 0 Å². The third kappa shape index (κ3) is 5.02. The SMILES string of the molecule is C1=CC2=C(c3ccccc3)c3ccccc3C(c3cccc4c3C=C(c3cccc(-c5ccc(-c6ccccc6)cc5)c3)CC4)C2C=C1. The van der Waals surface area contributed by atoms with Gasteiger partial charge in [0.1, 0.15) is 0 Å². The molecule has 3 aliphatic carbocycles. The van der Waals surface area contributed by atoms with E-state index in [0.717, 1.165) is 12.8 Å². The van der Waals surface area contributed by atoms with Crippen LogP contribution in [-0.2, 0) is 6.42 Å². The molecule has 0 bridgehead atoms. The lowest BCUT2D eigenvalue weighted by atomic mass is 9.65. The molecule has 0 spiro atoms. The standard InChI is InChI=1S/C48H36/c1-3-13-33(14-4-1)34-25-27-35(28-26-34)38-18-11-19-39(31-38)40-30-29-36-17-12-24-45(46(36)32-40)48-43-22-9-7-20-41(43)47(37-15-5-2-6-16-37)42-21-8-10-23-44(42)48/h1-28,31-32,43,48H,29-30H2. The Kier molecular flexibility index (Phi) is 7.21. The fourth-order valence-corrected chi connectivity index (χ4v) is 8.16. The fourth-order valence-electron chi connectivity index (χ4n) is 8.16. The molecule has 0 radical (unpaired) electrons. The van der Waals surface area contributed by atoms with Crippen LogP contribution in [0.15, 0.2) is 182 Å². The van der Waals surface area contributed by atoms with Gasteiger partial charge in [0, 0.05) is 11.8 Å². The number of rotatable bonds is 5. The first-order chi connectivity index (χ1) is 23.8. The van der Waals surface area contributed by atoms with Gasteiger partial charge in [0.25, 0.3) is 0 Å². The zero-order chi connectivity index (χ0) is 31.9. The molecule has 0 N–H and O–H groups in total. The summed E-state index contributed by atoms with van der Waals surface area (Å²) in [6, 6.07) is 55.8. The number of hydrogen-bond donors (Lipinski definition) is 0. The van der Waals surface area contributed by atoms with E-state index in [1.54, 1.807) is 0 Å². The van der Waals surface area contributed by atoms with Crippen LogP contribution >= 0.6 is 0 Å². The van der Waals surface area contributed by atoms with Crippen LogP contribution in [0.3, 0.4) is 0 Å². The van der Waals surface area contributed by atoms with Gasteiger partial charge in [-0.1, -0.05) is 176 Å². The highest BCUT2D eigenvalue weighted by Crippen LogP contribution is 2.51. The maximum atomic E-state index is 2.51.